The summed E-state index contributed by atoms with van der Waals surface area (Å²) in [7, 11) is 3.93. The molecule has 0 radical (unpaired) electrons. The molecule has 4 heteroatoms. The monoisotopic (exact) mass is 208 g/mol. The molecular formula is C11H20N4. The molecule has 0 fully saturated rings. The Labute approximate surface area is 91.7 Å². The molecule has 1 aromatic heterocycles. The highest BCUT2D eigenvalue weighted by Crippen LogP contribution is 2.14. The van der Waals surface area contributed by atoms with E-state index in [-0.39, 0.29) is 0 Å². The van der Waals surface area contributed by atoms with Crippen molar-refractivity contribution in [3.05, 3.63) is 12.4 Å². The van der Waals surface area contributed by atoms with Crippen molar-refractivity contribution in [1.82, 2.24) is 9.97 Å². The first-order chi connectivity index (χ1) is 7.17. The van der Waals surface area contributed by atoms with E-state index in [0.717, 1.165) is 18.2 Å². The van der Waals surface area contributed by atoms with Crippen molar-refractivity contribution in [2.24, 2.45) is 5.92 Å². The topological polar surface area (TPSA) is 41.0 Å². The number of nitrogens with one attached hydrogen (secondary N) is 1. The molecule has 0 bridgehead atoms. The van der Waals surface area contributed by atoms with Crippen LogP contribution < -0.4 is 10.2 Å². The van der Waals surface area contributed by atoms with Crippen LogP contribution in [-0.4, -0.2) is 30.6 Å². The fourth-order valence-electron chi connectivity index (χ4n) is 1.38. The Morgan fingerprint density at radius 2 is 2.20 bits per heavy atom. The van der Waals surface area contributed by atoms with Gasteiger partial charge in [0.2, 0.25) is 0 Å². The zero-order chi connectivity index (χ0) is 11.3. The van der Waals surface area contributed by atoms with Crippen molar-refractivity contribution >= 4 is 11.6 Å². The van der Waals surface area contributed by atoms with Crippen molar-refractivity contribution in [3.63, 3.8) is 0 Å². The van der Waals surface area contributed by atoms with Gasteiger partial charge in [0.1, 0.15) is 18.0 Å². The molecule has 0 saturated heterocycles. The standard InChI is InChI=1S/C11H20N4/c1-5-9(2)7-15(4)11-6-10(12-3)13-8-14-11/h6,8-9H,5,7H2,1-4H3,(H,12,13,14). The summed E-state index contributed by atoms with van der Waals surface area (Å²) < 4.78 is 0. The SMILES string of the molecule is CCC(C)CN(C)c1cc(NC)ncn1. The molecule has 15 heavy (non-hydrogen) atoms. The second kappa shape index (κ2) is 5.53. The number of anilines is 2. The van der Waals surface area contributed by atoms with Crippen molar-refractivity contribution < 1.29 is 0 Å². The van der Waals surface area contributed by atoms with E-state index < -0.39 is 0 Å². The Balaban J connectivity index is 2.68. The fraction of sp³-hybridized carbons (Fsp3) is 0.636. The van der Waals surface area contributed by atoms with Gasteiger partial charge in [-0.05, 0) is 5.92 Å². The second-order valence-corrected chi connectivity index (χ2v) is 3.91. The van der Waals surface area contributed by atoms with Gasteiger partial charge in [-0.2, -0.15) is 0 Å². The molecule has 0 aromatic carbocycles. The van der Waals surface area contributed by atoms with Gasteiger partial charge < -0.3 is 10.2 Å². The molecule has 0 amide bonds. The smallest absolute Gasteiger partial charge is 0.133 e. The van der Waals surface area contributed by atoms with Crippen LogP contribution in [0.25, 0.3) is 0 Å². The van der Waals surface area contributed by atoms with Gasteiger partial charge in [-0.15, -0.1) is 0 Å². The van der Waals surface area contributed by atoms with E-state index in [0.29, 0.717) is 5.92 Å². The van der Waals surface area contributed by atoms with E-state index in [1.165, 1.54) is 6.42 Å². The van der Waals surface area contributed by atoms with Crippen LogP contribution in [0.3, 0.4) is 0 Å². The summed E-state index contributed by atoms with van der Waals surface area (Å²) in [4.78, 5) is 10.5. The van der Waals surface area contributed by atoms with Crippen molar-refractivity contribution in [2.45, 2.75) is 20.3 Å². The molecule has 1 atom stereocenters. The lowest BCUT2D eigenvalue weighted by Crippen LogP contribution is -2.24. The highest BCUT2D eigenvalue weighted by molar-refractivity contribution is 5.47. The largest absolute Gasteiger partial charge is 0.373 e. The van der Waals surface area contributed by atoms with Gasteiger partial charge in [0.15, 0.2) is 0 Å². The van der Waals surface area contributed by atoms with E-state index in [4.69, 9.17) is 0 Å². The Bertz CT molecular complexity index is 300. The van der Waals surface area contributed by atoms with Crippen molar-refractivity contribution in [3.8, 4) is 0 Å². The maximum Gasteiger partial charge on any atom is 0.133 e. The molecule has 0 aliphatic heterocycles. The Kier molecular flexibility index (Phi) is 4.34. The minimum atomic E-state index is 0.683. The third-order valence-electron chi connectivity index (χ3n) is 2.58. The van der Waals surface area contributed by atoms with E-state index in [1.807, 2.05) is 13.1 Å². The summed E-state index contributed by atoms with van der Waals surface area (Å²) in [6, 6.07) is 1.96. The van der Waals surface area contributed by atoms with Gasteiger partial charge in [0.05, 0.1) is 0 Å². The maximum absolute atomic E-state index is 4.25. The van der Waals surface area contributed by atoms with Crippen LogP contribution in [0.15, 0.2) is 12.4 Å². The number of hydrogen-bond acceptors (Lipinski definition) is 4. The van der Waals surface area contributed by atoms with Gasteiger partial charge in [0.25, 0.3) is 0 Å². The quantitative estimate of drug-likeness (QED) is 0.803. The van der Waals surface area contributed by atoms with Crippen LogP contribution in [0.5, 0.6) is 0 Å². The van der Waals surface area contributed by atoms with Gasteiger partial charge in [-0.3, -0.25) is 0 Å². The predicted octanol–water partition coefficient (Wildman–Crippen LogP) is 2.00. The number of hydrogen-bond donors (Lipinski definition) is 1. The second-order valence-electron chi connectivity index (χ2n) is 3.91. The molecule has 1 heterocycles. The van der Waals surface area contributed by atoms with Gasteiger partial charge in [-0.1, -0.05) is 20.3 Å². The van der Waals surface area contributed by atoms with Crippen LogP contribution in [0.1, 0.15) is 20.3 Å². The summed E-state index contributed by atoms with van der Waals surface area (Å²) in [6.07, 6.45) is 2.78. The lowest BCUT2D eigenvalue weighted by atomic mass is 10.1. The highest BCUT2D eigenvalue weighted by atomic mass is 15.2. The summed E-state index contributed by atoms with van der Waals surface area (Å²) in [5, 5.41) is 3.01. The first-order valence-electron chi connectivity index (χ1n) is 5.38. The van der Waals surface area contributed by atoms with Gasteiger partial charge in [0, 0.05) is 26.7 Å². The molecule has 1 rings (SSSR count). The van der Waals surface area contributed by atoms with Crippen LogP contribution >= 0.6 is 0 Å². The van der Waals surface area contributed by atoms with E-state index in [9.17, 15) is 0 Å². The molecule has 84 valence electrons. The molecular weight excluding hydrogens is 188 g/mol. The number of nitrogens with zero attached hydrogens (tertiary/aromatic N) is 3. The van der Waals surface area contributed by atoms with Crippen molar-refractivity contribution in [2.75, 3.05) is 30.9 Å². The fourth-order valence-corrected chi connectivity index (χ4v) is 1.38. The third kappa shape index (κ3) is 3.38. The van der Waals surface area contributed by atoms with Crippen LogP contribution in [0.4, 0.5) is 11.6 Å². The maximum atomic E-state index is 4.25. The molecule has 0 saturated carbocycles. The van der Waals surface area contributed by atoms with Crippen LogP contribution in [-0.2, 0) is 0 Å². The zero-order valence-electron chi connectivity index (χ0n) is 9.99. The Hall–Kier alpha value is -1.32. The van der Waals surface area contributed by atoms with Crippen LogP contribution in [0, 0.1) is 5.92 Å². The molecule has 0 aliphatic carbocycles. The van der Waals surface area contributed by atoms with E-state index in [1.54, 1.807) is 6.33 Å². The minimum absolute atomic E-state index is 0.683. The molecule has 0 spiro atoms. The molecule has 1 unspecified atom stereocenters. The average Bonchev–Trinajstić information content (AvgIpc) is 2.28. The predicted molar refractivity (Wildman–Crippen MR) is 64.3 cm³/mol. The molecule has 1 aromatic rings. The number of aromatic nitrogens is 2. The Morgan fingerprint density at radius 3 is 2.80 bits per heavy atom. The lowest BCUT2D eigenvalue weighted by molar-refractivity contribution is 0.557. The highest BCUT2D eigenvalue weighted by Gasteiger charge is 2.07. The minimum Gasteiger partial charge on any atom is -0.373 e. The third-order valence-corrected chi connectivity index (χ3v) is 2.58. The van der Waals surface area contributed by atoms with Gasteiger partial charge >= 0.3 is 0 Å². The lowest BCUT2D eigenvalue weighted by Gasteiger charge is -2.21. The average molecular weight is 208 g/mol. The summed E-state index contributed by atoms with van der Waals surface area (Å²) in [6.45, 7) is 5.48. The molecule has 4 nitrogen and oxygen atoms in total. The van der Waals surface area contributed by atoms with E-state index >= 15 is 0 Å². The number of rotatable bonds is 5. The first kappa shape index (κ1) is 11.8. The van der Waals surface area contributed by atoms with Crippen molar-refractivity contribution in [1.29, 1.82) is 0 Å². The summed E-state index contributed by atoms with van der Waals surface area (Å²) in [5.41, 5.74) is 0. The molecule has 0 aliphatic rings. The Morgan fingerprint density at radius 1 is 1.47 bits per heavy atom. The molecule has 1 N–H and O–H groups in total. The summed E-state index contributed by atoms with van der Waals surface area (Å²) >= 11 is 0. The zero-order valence-corrected chi connectivity index (χ0v) is 9.99. The van der Waals surface area contributed by atoms with E-state index in [2.05, 4.69) is 41.1 Å². The van der Waals surface area contributed by atoms with Gasteiger partial charge in [-0.25, -0.2) is 9.97 Å². The first-order valence-corrected chi connectivity index (χ1v) is 5.38. The summed E-state index contributed by atoms with van der Waals surface area (Å²) in [5.74, 6) is 2.51. The van der Waals surface area contributed by atoms with Crippen LogP contribution in [0.2, 0.25) is 0 Å². The normalized spacial score (nSPS) is 12.3.